The molecule has 0 amide bonds. The van der Waals surface area contributed by atoms with Crippen molar-refractivity contribution in [1.82, 2.24) is 9.97 Å². The zero-order valence-corrected chi connectivity index (χ0v) is 11.8. The number of nitrogens with zero attached hydrogens (tertiary/aromatic N) is 2. The molecule has 90 valence electrons. The van der Waals surface area contributed by atoms with Gasteiger partial charge in [-0.1, -0.05) is 6.92 Å². The number of nitrogens with one attached hydrogen (secondary N) is 1. The van der Waals surface area contributed by atoms with Crippen LogP contribution in [0.5, 0.6) is 0 Å². The largest absolute Gasteiger partial charge is 0.383 e. The van der Waals surface area contributed by atoms with E-state index >= 15 is 0 Å². The molecule has 3 N–H and O–H groups in total. The second-order valence-electron chi connectivity index (χ2n) is 3.51. The maximum absolute atomic E-state index is 5.64. The first kappa shape index (κ1) is 12.3. The molecule has 0 aromatic carbocycles. The van der Waals surface area contributed by atoms with Crippen LogP contribution in [0, 0.1) is 0 Å². The van der Waals surface area contributed by atoms with E-state index in [1.165, 1.54) is 9.75 Å². The third kappa shape index (κ3) is 3.41. The molecule has 17 heavy (non-hydrogen) atoms. The lowest BCUT2D eigenvalue weighted by Crippen LogP contribution is -2.04. The molecule has 2 aromatic rings. The van der Waals surface area contributed by atoms with E-state index in [4.69, 9.17) is 5.73 Å². The van der Waals surface area contributed by atoms with Gasteiger partial charge < -0.3 is 11.1 Å². The number of nitrogen functional groups attached to an aromatic ring is 1. The van der Waals surface area contributed by atoms with Crippen LogP contribution in [0.3, 0.4) is 0 Å². The number of halogens is 1. The minimum Gasteiger partial charge on any atom is -0.383 e. The van der Waals surface area contributed by atoms with E-state index in [1.54, 1.807) is 17.4 Å². The quantitative estimate of drug-likeness (QED) is 0.852. The lowest BCUT2D eigenvalue weighted by Gasteiger charge is -2.04. The zero-order valence-electron chi connectivity index (χ0n) is 9.40. The highest BCUT2D eigenvalue weighted by molar-refractivity contribution is 9.10. The summed E-state index contributed by atoms with van der Waals surface area (Å²) in [5, 5.41) is 3.16. The summed E-state index contributed by atoms with van der Waals surface area (Å²) in [6.45, 7) is 2.88. The van der Waals surface area contributed by atoms with Gasteiger partial charge in [0.15, 0.2) is 0 Å². The predicted octanol–water partition coefficient (Wildman–Crippen LogP) is 3.06. The average Bonchev–Trinajstić information content (AvgIpc) is 2.73. The first-order valence-corrected chi connectivity index (χ1v) is 6.90. The molecule has 0 bridgehead atoms. The zero-order chi connectivity index (χ0) is 12.3. The second kappa shape index (κ2) is 5.46. The number of aryl methyl sites for hydroxylation is 1. The van der Waals surface area contributed by atoms with Gasteiger partial charge >= 0.3 is 0 Å². The Morgan fingerprint density at radius 3 is 2.76 bits per heavy atom. The molecular weight excluding hydrogens is 300 g/mol. The number of rotatable bonds is 4. The van der Waals surface area contributed by atoms with E-state index in [2.05, 4.69) is 50.3 Å². The molecule has 0 unspecified atom stereocenters. The first-order chi connectivity index (χ1) is 8.17. The third-order valence-electron chi connectivity index (χ3n) is 2.20. The van der Waals surface area contributed by atoms with Crippen LogP contribution in [-0.2, 0) is 13.0 Å². The summed E-state index contributed by atoms with van der Waals surface area (Å²) < 4.78 is 0.688. The van der Waals surface area contributed by atoms with Gasteiger partial charge in [-0.2, -0.15) is 4.98 Å². The molecule has 2 rings (SSSR count). The van der Waals surface area contributed by atoms with E-state index in [0.29, 0.717) is 16.4 Å². The van der Waals surface area contributed by atoms with E-state index in [-0.39, 0.29) is 0 Å². The van der Waals surface area contributed by atoms with Crippen LogP contribution in [0.2, 0.25) is 0 Å². The Hall–Kier alpha value is -1.14. The number of aromatic nitrogens is 2. The second-order valence-corrected chi connectivity index (χ2v) is 5.58. The van der Waals surface area contributed by atoms with Crippen LogP contribution in [-0.4, -0.2) is 9.97 Å². The van der Waals surface area contributed by atoms with Crippen LogP contribution in [0.1, 0.15) is 16.7 Å². The Labute approximate surface area is 112 Å². The van der Waals surface area contributed by atoms with Gasteiger partial charge in [-0.05, 0) is 34.5 Å². The summed E-state index contributed by atoms with van der Waals surface area (Å²) in [4.78, 5) is 11.0. The number of thiophene rings is 1. The van der Waals surface area contributed by atoms with Crippen molar-refractivity contribution in [3.63, 3.8) is 0 Å². The average molecular weight is 313 g/mol. The standard InChI is InChI=1S/C11H13BrN4S/c1-2-7-3-4-8(17-7)6-14-11-15-9(12)5-10(13)16-11/h3-5H,2,6H2,1H3,(H3,13,14,15,16). The summed E-state index contributed by atoms with van der Waals surface area (Å²) in [6.07, 6.45) is 1.07. The molecule has 2 aromatic heterocycles. The van der Waals surface area contributed by atoms with Crippen LogP contribution in [0.4, 0.5) is 11.8 Å². The van der Waals surface area contributed by atoms with Crippen LogP contribution in [0.15, 0.2) is 22.8 Å². The molecule has 0 radical (unpaired) electrons. The van der Waals surface area contributed by atoms with Gasteiger partial charge in [0.2, 0.25) is 5.95 Å². The van der Waals surface area contributed by atoms with E-state index < -0.39 is 0 Å². The fourth-order valence-corrected chi connectivity index (χ4v) is 2.69. The number of hydrogen-bond donors (Lipinski definition) is 2. The van der Waals surface area contributed by atoms with E-state index in [1.807, 2.05) is 0 Å². The van der Waals surface area contributed by atoms with Crippen molar-refractivity contribution in [3.05, 3.63) is 32.6 Å². The van der Waals surface area contributed by atoms with Gasteiger partial charge in [0.1, 0.15) is 10.4 Å². The smallest absolute Gasteiger partial charge is 0.226 e. The highest BCUT2D eigenvalue weighted by Crippen LogP contribution is 2.18. The summed E-state index contributed by atoms with van der Waals surface area (Å²) >= 11 is 5.09. The van der Waals surface area contributed by atoms with Crippen molar-refractivity contribution < 1.29 is 0 Å². The molecule has 0 spiro atoms. The Morgan fingerprint density at radius 2 is 2.12 bits per heavy atom. The monoisotopic (exact) mass is 312 g/mol. The Morgan fingerprint density at radius 1 is 1.35 bits per heavy atom. The number of hydrogen-bond acceptors (Lipinski definition) is 5. The molecule has 0 saturated carbocycles. The molecule has 0 aliphatic carbocycles. The first-order valence-electron chi connectivity index (χ1n) is 5.29. The summed E-state index contributed by atoms with van der Waals surface area (Å²) in [6, 6.07) is 5.95. The van der Waals surface area contributed by atoms with Crippen molar-refractivity contribution in [3.8, 4) is 0 Å². The van der Waals surface area contributed by atoms with Crippen LogP contribution < -0.4 is 11.1 Å². The molecule has 0 aliphatic rings. The fraction of sp³-hybridized carbons (Fsp3) is 0.273. The summed E-state index contributed by atoms with van der Waals surface area (Å²) in [5.41, 5.74) is 5.64. The Bertz CT molecular complexity index is 492. The molecular formula is C11H13BrN4S. The summed E-state index contributed by atoms with van der Waals surface area (Å²) in [5.74, 6) is 0.998. The molecule has 4 nitrogen and oxygen atoms in total. The lowest BCUT2D eigenvalue weighted by molar-refractivity contribution is 1.06. The van der Waals surface area contributed by atoms with Gasteiger partial charge in [0, 0.05) is 15.8 Å². The molecule has 6 heteroatoms. The lowest BCUT2D eigenvalue weighted by atomic mass is 10.4. The Kier molecular flexibility index (Phi) is 3.96. The maximum Gasteiger partial charge on any atom is 0.226 e. The highest BCUT2D eigenvalue weighted by atomic mass is 79.9. The van der Waals surface area contributed by atoms with Crippen LogP contribution in [0.25, 0.3) is 0 Å². The molecule has 0 aliphatic heterocycles. The van der Waals surface area contributed by atoms with Crippen molar-refractivity contribution in [2.24, 2.45) is 0 Å². The van der Waals surface area contributed by atoms with Gasteiger partial charge in [-0.25, -0.2) is 4.98 Å². The minimum atomic E-state index is 0.454. The maximum atomic E-state index is 5.64. The van der Waals surface area contributed by atoms with Gasteiger partial charge in [0.05, 0.1) is 6.54 Å². The molecule has 0 saturated heterocycles. The highest BCUT2D eigenvalue weighted by Gasteiger charge is 2.02. The minimum absolute atomic E-state index is 0.454. The predicted molar refractivity (Wildman–Crippen MR) is 75.2 cm³/mol. The normalized spacial score (nSPS) is 10.5. The van der Waals surface area contributed by atoms with Gasteiger partial charge in [-0.3, -0.25) is 0 Å². The van der Waals surface area contributed by atoms with E-state index in [0.717, 1.165) is 13.0 Å². The SMILES string of the molecule is CCc1ccc(CNc2nc(N)cc(Br)n2)s1. The topological polar surface area (TPSA) is 63.8 Å². The van der Waals surface area contributed by atoms with Crippen molar-refractivity contribution in [1.29, 1.82) is 0 Å². The van der Waals surface area contributed by atoms with Crippen molar-refractivity contribution >= 4 is 39.0 Å². The molecule has 0 atom stereocenters. The van der Waals surface area contributed by atoms with Gasteiger partial charge in [-0.15, -0.1) is 11.3 Å². The third-order valence-corrected chi connectivity index (χ3v) is 3.84. The van der Waals surface area contributed by atoms with Crippen molar-refractivity contribution in [2.45, 2.75) is 19.9 Å². The number of nitrogens with two attached hydrogens (primary N) is 1. The Balaban J connectivity index is 2.01. The van der Waals surface area contributed by atoms with Crippen LogP contribution >= 0.6 is 27.3 Å². The van der Waals surface area contributed by atoms with Crippen molar-refractivity contribution in [2.75, 3.05) is 11.1 Å². The fourth-order valence-electron chi connectivity index (χ4n) is 1.39. The number of anilines is 2. The van der Waals surface area contributed by atoms with E-state index in [9.17, 15) is 0 Å². The molecule has 0 fully saturated rings. The summed E-state index contributed by atoms with van der Waals surface area (Å²) in [7, 11) is 0. The molecule has 2 heterocycles. The van der Waals surface area contributed by atoms with Gasteiger partial charge in [0.25, 0.3) is 0 Å².